The lowest BCUT2D eigenvalue weighted by atomic mass is 10.0. The fourth-order valence-corrected chi connectivity index (χ4v) is 4.11. The van der Waals surface area contributed by atoms with Gasteiger partial charge in [0.1, 0.15) is 5.78 Å². The highest BCUT2D eigenvalue weighted by molar-refractivity contribution is 5.97. The van der Waals surface area contributed by atoms with Gasteiger partial charge >= 0.3 is 0 Å². The van der Waals surface area contributed by atoms with Crippen LogP contribution in [0.15, 0.2) is 55.0 Å². The maximum absolute atomic E-state index is 9.44. The normalized spacial score (nSPS) is 14.0. The maximum Gasteiger partial charge on any atom is 0.126 e. The standard InChI is InChI=1S/C22H22N4.C3H6O/c1-26-11-8-15-6-7-16(12-21(15)26)19-13-18(25-17-4-2-3-5-17)14-20-22(19)24-10-9-23-20;1-3(2)4/h6-14,17,25H,2-5H2,1H3;1-2H3. The second-order valence-corrected chi connectivity index (χ2v) is 8.18. The van der Waals surface area contributed by atoms with E-state index in [1.54, 1.807) is 12.4 Å². The third kappa shape index (κ3) is 4.35. The van der Waals surface area contributed by atoms with Gasteiger partial charge in [0.05, 0.1) is 11.0 Å². The average Bonchev–Trinajstić information content (AvgIpc) is 3.37. The van der Waals surface area contributed by atoms with Gasteiger partial charge in [0.25, 0.3) is 0 Å². The number of carbonyl (C=O) groups is 1. The van der Waals surface area contributed by atoms with Gasteiger partial charge in [0, 0.05) is 48.4 Å². The van der Waals surface area contributed by atoms with Gasteiger partial charge in [-0.1, -0.05) is 25.0 Å². The number of nitrogens with one attached hydrogen (secondary N) is 1. The Balaban J connectivity index is 0.000000503. The first-order valence-corrected chi connectivity index (χ1v) is 10.6. The SMILES string of the molecule is CC(C)=O.Cn1ccc2ccc(-c3cc(NC4CCCC4)cc4nccnc34)cc21. The zero-order valence-electron chi connectivity index (χ0n) is 17.9. The van der Waals surface area contributed by atoms with Crippen LogP contribution in [-0.2, 0) is 11.8 Å². The number of ketones is 1. The molecule has 4 aromatic rings. The summed E-state index contributed by atoms with van der Waals surface area (Å²) in [5, 5.41) is 4.97. The number of aromatic nitrogens is 3. The molecule has 2 aromatic heterocycles. The summed E-state index contributed by atoms with van der Waals surface area (Å²) < 4.78 is 2.16. The maximum atomic E-state index is 9.44. The molecule has 0 radical (unpaired) electrons. The third-order valence-electron chi connectivity index (χ3n) is 5.50. The molecule has 0 unspecified atom stereocenters. The molecule has 1 aliphatic carbocycles. The summed E-state index contributed by atoms with van der Waals surface area (Å²) in [6.45, 7) is 3.06. The van der Waals surface area contributed by atoms with E-state index in [4.69, 9.17) is 0 Å². The van der Waals surface area contributed by atoms with Crippen molar-refractivity contribution in [2.45, 2.75) is 45.6 Å². The van der Waals surface area contributed by atoms with E-state index >= 15 is 0 Å². The second-order valence-electron chi connectivity index (χ2n) is 8.18. The number of benzene rings is 2. The van der Waals surface area contributed by atoms with Crippen LogP contribution in [0.25, 0.3) is 33.1 Å². The zero-order valence-corrected chi connectivity index (χ0v) is 17.9. The Morgan fingerprint density at radius 3 is 2.53 bits per heavy atom. The van der Waals surface area contributed by atoms with E-state index in [1.165, 1.54) is 56.0 Å². The quantitative estimate of drug-likeness (QED) is 0.476. The minimum Gasteiger partial charge on any atom is -0.382 e. The van der Waals surface area contributed by atoms with E-state index < -0.39 is 0 Å². The molecule has 0 amide bonds. The summed E-state index contributed by atoms with van der Waals surface area (Å²) in [4.78, 5) is 18.6. The molecule has 1 fully saturated rings. The Bertz CT molecular complexity index is 1180. The predicted molar refractivity (Wildman–Crippen MR) is 124 cm³/mol. The summed E-state index contributed by atoms with van der Waals surface area (Å²) >= 11 is 0. The largest absolute Gasteiger partial charge is 0.382 e. The molecule has 0 spiro atoms. The number of anilines is 1. The Labute approximate surface area is 177 Å². The fourth-order valence-electron chi connectivity index (χ4n) is 4.11. The molecule has 2 aromatic carbocycles. The highest BCUT2D eigenvalue weighted by Crippen LogP contribution is 2.33. The van der Waals surface area contributed by atoms with Crippen molar-refractivity contribution >= 4 is 33.4 Å². The number of carbonyl (C=O) groups excluding carboxylic acids is 1. The van der Waals surface area contributed by atoms with Gasteiger partial charge in [-0.3, -0.25) is 9.97 Å². The molecule has 1 N–H and O–H groups in total. The fraction of sp³-hybridized carbons (Fsp3) is 0.320. The molecule has 30 heavy (non-hydrogen) atoms. The molecule has 0 saturated heterocycles. The Kier molecular flexibility index (Phi) is 5.79. The molecular formula is C25H28N4O. The van der Waals surface area contributed by atoms with Crippen molar-refractivity contribution in [3.05, 3.63) is 55.0 Å². The van der Waals surface area contributed by atoms with Crippen LogP contribution in [0.3, 0.4) is 0 Å². The van der Waals surface area contributed by atoms with Crippen molar-refractivity contribution in [3.8, 4) is 11.1 Å². The summed E-state index contributed by atoms with van der Waals surface area (Å²) in [6.07, 6.45) is 10.8. The molecule has 1 aliphatic rings. The van der Waals surface area contributed by atoms with Gasteiger partial charge in [-0.05, 0) is 61.9 Å². The predicted octanol–water partition coefficient (Wildman–Crippen LogP) is 5.74. The molecule has 2 heterocycles. The number of hydrogen-bond acceptors (Lipinski definition) is 4. The third-order valence-corrected chi connectivity index (χ3v) is 5.50. The van der Waals surface area contributed by atoms with Crippen LogP contribution in [-0.4, -0.2) is 26.4 Å². The van der Waals surface area contributed by atoms with E-state index in [-0.39, 0.29) is 5.78 Å². The van der Waals surface area contributed by atoms with Crippen molar-refractivity contribution in [2.75, 3.05) is 5.32 Å². The number of fused-ring (bicyclic) bond motifs is 2. The first-order valence-electron chi connectivity index (χ1n) is 10.6. The Morgan fingerprint density at radius 2 is 1.77 bits per heavy atom. The van der Waals surface area contributed by atoms with E-state index in [2.05, 4.69) is 69.5 Å². The molecule has 0 bridgehead atoms. The van der Waals surface area contributed by atoms with Gasteiger partial charge < -0.3 is 14.7 Å². The lowest BCUT2D eigenvalue weighted by Gasteiger charge is -2.16. The minimum absolute atomic E-state index is 0.167. The van der Waals surface area contributed by atoms with Crippen molar-refractivity contribution in [2.24, 2.45) is 7.05 Å². The lowest BCUT2D eigenvalue weighted by molar-refractivity contribution is -0.114. The monoisotopic (exact) mass is 400 g/mol. The summed E-state index contributed by atoms with van der Waals surface area (Å²) in [5.41, 5.74) is 6.59. The highest BCUT2D eigenvalue weighted by atomic mass is 16.1. The number of nitrogens with zero attached hydrogens (tertiary/aromatic N) is 3. The number of rotatable bonds is 3. The smallest absolute Gasteiger partial charge is 0.126 e. The number of Topliss-reactive ketones (excluding diaryl/α,β-unsaturated/α-hetero) is 1. The van der Waals surface area contributed by atoms with Gasteiger partial charge in [0.2, 0.25) is 0 Å². The molecule has 5 heteroatoms. The summed E-state index contributed by atoms with van der Waals surface area (Å²) in [7, 11) is 2.09. The van der Waals surface area contributed by atoms with E-state index in [9.17, 15) is 4.79 Å². The van der Waals surface area contributed by atoms with Crippen LogP contribution in [0.4, 0.5) is 5.69 Å². The van der Waals surface area contributed by atoms with E-state index in [0.29, 0.717) is 6.04 Å². The first-order chi connectivity index (χ1) is 14.5. The van der Waals surface area contributed by atoms with E-state index in [1.807, 2.05) is 0 Å². The van der Waals surface area contributed by atoms with Gasteiger partial charge in [-0.15, -0.1) is 0 Å². The van der Waals surface area contributed by atoms with Crippen LogP contribution in [0.2, 0.25) is 0 Å². The van der Waals surface area contributed by atoms with E-state index in [0.717, 1.165) is 22.3 Å². The highest BCUT2D eigenvalue weighted by Gasteiger charge is 2.16. The van der Waals surface area contributed by atoms with Crippen LogP contribution >= 0.6 is 0 Å². The molecule has 5 rings (SSSR count). The molecule has 0 atom stereocenters. The molecular weight excluding hydrogens is 372 g/mol. The first kappa shape index (κ1) is 20.1. The van der Waals surface area contributed by atoms with Crippen LogP contribution in [0.1, 0.15) is 39.5 Å². The average molecular weight is 401 g/mol. The zero-order chi connectivity index (χ0) is 21.1. The molecule has 5 nitrogen and oxygen atoms in total. The van der Waals surface area contributed by atoms with Crippen LogP contribution in [0, 0.1) is 0 Å². The lowest BCUT2D eigenvalue weighted by Crippen LogP contribution is -2.14. The van der Waals surface area contributed by atoms with Crippen molar-refractivity contribution in [1.82, 2.24) is 14.5 Å². The summed E-state index contributed by atoms with van der Waals surface area (Å²) in [6, 6.07) is 13.7. The molecule has 1 saturated carbocycles. The number of aryl methyl sites for hydroxylation is 1. The Hall–Kier alpha value is -3.21. The van der Waals surface area contributed by atoms with Gasteiger partial charge in [-0.25, -0.2) is 0 Å². The van der Waals surface area contributed by atoms with Crippen molar-refractivity contribution < 1.29 is 4.79 Å². The number of hydrogen-bond donors (Lipinski definition) is 1. The van der Waals surface area contributed by atoms with Crippen molar-refractivity contribution in [1.29, 1.82) is 0 Å². The second kappa shape index (κ2) is 8.66. The van der Waals surface area contributed by atoms with Gasteiger partial charge in [0.15, 0.2) is 0 Å². The van der Waals surface area contributed by atoms with Crippen LogP contribution < -0.4 is 5.32 Å². The van der Waals surface area contributed by atoms with Crippen molar-refractivity contribution in [3.63, 3.8) is 0 Å². The van der Waals surface area contributed by atoms with Gasteiger partial charge in [-0.2, -0.15) is 0 Å². The Morgan fingerprint density at radius 1 is 1.03 bits per heavy atom. The minimum atomic E-state index is 0.167. The molecule has 0 aliphatic heterocycles. The molecule has 154 valence electrons. The topological polar surface area (TPSA) is 59.8 Å². The summed E-state index contributed by atoms with van der Waals surface area (Å²) in [5.74, 6) is 0.167. The van der Waals surface area contributed by atoms with Crippen LogP contribution in [0.5, 0.6) is 0 Å².